The number of amides is 1. The van der Waals surface area contributed by atoms with Gasteiger partial charge in [-0.1, -0.05) is 30.4 Å². The van der Waals surface area contributed by atoms with Gasteiger partial charge in [0.25, 0.3) is 5.91 Å². The first-order valence-electron chi connectivity index (χ1n) is 11.4. The molecule has 2 bridgehead atoms. The monoisotopic (exact) mass is 485 g/mol. The van der Waals surface area contributed by atoms with Crippen molar-refractivity contribution in [3.63, 3.8) is 0 Å². The van der Waals surface area contributed by atoms with Crippen molar-refractivity contribution in [2.75, 3.05) is 13.7 Å². The first-order chi connectivity index (χ1) is 16.0. The van der Waals surface area contributed by atoms with Crippen molar-refractivity contribution in [3.05, 3.63) is 40.5 Å². The molecular weight excluding hydrogens is 458 g/mol. The third-order valence-electron chi connectivity index (χ3n) is 6.98. The normalized spacial score (nSPS) is 25.6. The van der Waals surface area contributed by atoms with E-state index < -0.39 is 0 Å². The molecule has 5 rings (SSSR count). The highest BCUT2D eigenvalue weighted by molar-refractivity contribution is 8.26. The fourth-order valence-electron chi connectivity index (χ4n) is 5.43. The molecule has 0 radical (unpaired) electrons. The van der Waals surface area contributed by atoms with E-state index in [1.54, 1.807) is 18.2 Å². The number of carbonyl (C=O) groups is 1. The van der Waals surface area contributed by atoms with Crippen LogP contribution >= 0.6 is 24.0 Å². The average molecular weight is 486 g/mol. The molecule has 3 fully saturated rings. The van der Waals surface area contributed by atoms with Crippen molar-refractivity contribution < 1.29 is 24.2 Å². The molecule has 1 amide bonds. The minimum Gasteiger partial charge on any atom is -0.508 e. The number of aliphatic hydroxyl groups excluding tert-OH is 1. The highest BCUT2D eigenvalue weighted by Crippen LogP contribution is 2.49. The van der Waals surface area contributed by atoms with Crippen molar-refractivity contribution in [1.29, 1.82) is 0 Å². The summed E-state index contributed by atoms with van der Waals surface area (Å²) in [4.78, 5) is 15.7. The Morgan fingerprint density at radius 1 is 1.27 bits per heavy atom. The lowest BCUT2D eigenvalue weighted by Crippen LogP contribution is -2.41. The van der Waals surface area contributed by atoms with Gasteiger partial charge >= 0.3 is 0 Å². The molecule has 8 heteroatoms. The Balaban J connectivity index is 1.46. The lowest BCUT2D eigenvalue weighted by molar-refractivity contribution is -0.124. The van der Waals surface area contributed by atoms with Crippen LogP contribution in [0.15, 0.2) is 33.6 Å². The van der Waals surface area contributed by atoms with E-state index in [1.165, 1.54) is 44.2 Å². The number of hydrogen-bond acceptors (Lipinski definition) is 7. The van der Waals surface area contributed by atoms with Crippen LogP contribution in [0.4, 0.5) is 0 Å². The molecular formula is C25H27NO5S2. The highest BCUT2D eigenvalue weighted by Gasteiger charge is 2.48. The van der Waals surface area contributed by atoms with Crippen LogP contribution in [0.1, 0.15) is 43.4 Å². The molecule has 1 aliphatic heterocycles. The molecule has 0 spiro atoms. The number of rotatable bonds is 7. The van der Waals surface area contributed by atoms with Gasteiger partial charge in [0.1, 0.15) is 27.3 Å². The van der Waals surface area contributed by atoms with Gasteiger partial charge < -0.3 is 19.4 Å². The van der Waals surface area contributed by atoms with Crippen molar-refractivity contribution in [2.24, 2.45) is 11.8 Å². The van der Waals surface area contributed by atoms with E-state index >= 15 is 0 Å². The summed E-state index contributed by atoms with van der Waals surface area (Å²) in [5.41, 5.74) is 1.57. The number of aryl methyl sites for hydroxylation is 1. The van der Waals surface area contributed by atoms with Gasteiger partial charge in [-0.25, -0.2) is 0 Å². The summed E-state index contributed by atoms with van der Waals surface area (Å²) in [6, 6.07) is 7.04. The van der Waals surface area contributed by atoms with Crippen molar-refractivity contribution in [1.82, 2.24) is 4.90 Å². The maximum atomic E-state index is 13.3. The molecule has 2 saturated carbocycles. The second-order valence-corrected chi connectivity index (χ2v) is 10.7. The zero-order valence-corrected chi connectivity index (χ0v) is 20.1. The van der Waals surface area contributed by atoms with Gasteiger partial charge in [0, 0.05) is 30.4 Å². The summed E-state index contributed by atoms with van der Waals surface area (Å²) >= 11 is 6.95. The van der Waals surface area contributed by atoms with Crippen LogP contribution in [0.2, 0.25) is 0 Å². The molecule has 2 heterocycles. The van der Waals surface area contributed by atoms with Gasteiger partial charge in [-0.2, -0.15) is 0 Å². The number of ether oxygens (including phenoxy) is 1. The number of nitrogens with zero attached hydrogens (tertiary/aromatic N) is 1. The van der Waals surface area contributed by atoms with E-state index in [-0.39, 0.29) is 24.3 Å². The first kappa shape index (κ1) is 22.5. The molecule has 2 aromatic rings. The second-order valence-electron chi connectivity index (χ2n) is 9.04. The number of aromatic hydroxyl groups is 1. The Morgan fingerprint density at radius 2 is 2.12 bits per heavy atom. The van der Waals surface area contributed by atoms with Crippen molar-refractivity contribution in [2.45, 2.75) is 44.6 Å². The molecule has 174 valence electrons. The van der Waals surface area contributed by atoms with Crippen molar-refractivity contribution >= 4 is 40.3 Å². The summed E-state index contributed by atoms with van der Waals surface area (Å²) in [7, 11) is 1.54. The number of benzene rings is 1. The molecule has 1 aromatic heterocycles. The standard InChI is InChI=1S/C25H27NO5S2/c1-30-19-10-17(9-18(28)12-19)21-11-16(3-2-6-27)22(31-21)13-23-24(29)26(25(32)33-23)20-8-14-4-5-15(20)7-14/h9-15,20,27-28H,2-8H2,1H3/b23-13-. The molecule has 1 saturated heterocycles. The number of thioether (sulfide) groups is 1. The smallest absolute Gasteiger partial charge is 0.266 e. The SMILES string of the molecule is COc1cc(O)cc(-c2cc(CCCO)c(/C=C3\SC(=S)N(C4CC5CCC4C5)C3=O)o2)c1. The van der Waals surface area contributed by atoms with Gasteiger partial charge in [0.2, 0.25) is 0 Å². The van der Waals surface area contributed by atoms with Gasteiger partial charge in [-0.3, -0.25) is 9.69 Å². The fourth-order valence-corrected chi connectivity index (χ4v) is 6.77. The minimum atomic E-state index is -0.0346. The largest absolute Gasteiger partial charge is 0.508 e. The summed E-state index contributed by atoms with van der Waals surface area (Å²) in [5.74, 6) is 2.99. The number of carbonyl (C=O) groups excluding carboxylic acids is 1. The number of hydrogen-bond donors (Lipinski definition) is 2. The quantitative estimate of drug-likeness (QED) is 0.423. The number of furan rings is 1. The van der Waals surface area contributed by atoms with Gasteiger partial charge in [-0.05, 0) is 67.7 Å². The Morgan fingerprint density at radius 3 is 2.82 bits per heavy atom. The average Bonchev–Trinajstić information content (AvgIpc) is 3.57. The number of phenols is 1. The number of phenolic OH excluding ortho intramolecular Hbond substituents is 1. The van der Waals surface area contributed by atoms with E-state index in [0.717, 1.165) is 17.9 Å². The maximum absolute atomic E-state index is 13.3. The minimum absolute atomic E-state index is 0.0346. The highest BCUT2D eigenvalue weighted by atomic mass is 32.2. The van der Waals surface area contributed by atoms with Crippen LogP contribution in [0.25, 0.3) is 17.4 Å². The topological polar surface area (TPSA) is 83.1 Å². The van der Waals surface area contributed by atoms with E-state index in [4.69, 9.17) is 21.4 Å². The summed E-state index contributed by atoms with van der Waals surface area (Å²) in [5, 5.41) is 19.4. The third-order valence-corrected chi connectivity index (χ3v) is 8.31. The molecule has 3 unspecified atom stereocenters. The summed E-state index contributed by atoms with van der Waals surface area (Å²) in [6.45, 7) is 0.0618. The summed E-state index contributed by atoms with van der Waals surface area (Å²) in [6.07, 6.45) is 7.69. The maximum Gasteiger partial charge on any atom is 0.266 e. The van der Waals surface area contributed by atoms with Crippen LogP contribution in [0.3, 0.4) is 0 Å². The molecule has 2 aliphatic carbocycles. The zero-order valence-electron chi connectivity index (χ0n) is 18.5. The number of fused-ring (bicyclic) bond motifs is 2. The number of methoxy groups -OCH3 is 1. The second kappa shape index (κ2) is 9.16. The first-order valence-corrected chi connectivity index (χ1v) is 12.6. The van der Waals surface area contributed by atoms with Crippen molar-refractivity contribution in [3.8, 4) is 22.8 Å². The predicted molar refractivity (Wildman–Crippen MR) is 132 cm³/mol. The Bertz CT molecular complexity index is 1120. The van der Waals surface area contributed by atoms with Crippen LogP contribution in [-0.2, 0) is 11.2 Å². The molecule has 2 N–H and O–H groups in total. The zero-order chi connectivity index (χ0) is 23.1. The molecule has 1 aromatic carbocycles. The lowest BCUT2D eigenvalue weighted by Gasteiger charge is -2.30. The molecule has 3 aliphatic rings. The van der Waals surface area contributed by atoms with E-state index in [9.17, 15) is 15.0 Å². The fraction of sp³-hybridized carbons (Fsp3) is 0.440. The van der Waals surface area contributed by atoms with Gasteiger partial charge in [-0.15, -0.1) is 0 Å². The van der Waals surface area contributed by atoms with E-state index in [1.807, 2.05) is 11.0 Å². The lowest BCUT2D eigenvalue weighted by atomic mass is 9.94. The van der Waals surface area contributed by atoms with E-state index in [0.29, 0.717) is 50.8 Å². The van der Waals surface area contributed by atoms with E-state index in [2.05, 4.69) is 0 Å². The predicted octanol–water partition coefficient (Wildman–Crippen LogP) is 4.98. The van der Waals surface area contributed by atoms with Gasteiger partial charge in [0.05, 0.1) is 12.0 Å². The van der Waals surface area contributed by atoms with Gasteiger partial charge in [0.15, 0.2) is 0 Å². The molecule has 33 heavy (non-hydrogen) atoms. The van der Waals surface area contributed by atoms with Crippen LogP contribution in [0.5, 0.6) is 11.5 Å². The Labute approximate surface area is 202 Å². The van der Waals surface area contributed by atoms with Crippen LogP contribution < -0.4 is 4.74 Å². The summed E-state index contributed by atoms with van der Waals surface area (Å²) < 4.78 is 12.0. The molecule has 6 nitrogen and oxygen atoms in total. The Kier molecular flexibility index (Phi) is 6.24. The third kappa shape index (κ3) is 4.32. The van der Waals surface area contributed by atoms with Crippen LogP contribution in [0, 0.1) is 11.8 Å². The number of thiocarbonyl (C=S) groups is 1. The Hall–Kier alpha value is -2.29. The number of aliphatic hydroxyl groups is 1. The van der Waals surface area contributed by atoms with Crippen LogP contribution in [-0.4, -0.2) is 45.1 Å². The molecule has 3 atom stereocenters.